The molecule has 0 aliphatic heterocycles. The monoisotopic (exact) mass is 355 g/mol. The first-order valence-electron chi connectivity index (χ1n) is 8.96. The average molecular weight is 355 g/mol. The highest BCUT2D eigenvalue weighted by molar-refractivity contribution is 5.86. The number of aryl methyl sites for hydroxylation is 2. The fourth-order valence-electron chi connectivity index (χ4n) is 3.15. The Morgan fingerprint density at radius 2 is 2.04 bits per heavy atom. The van der Waals surface area contributed by atoms with Gasteiger partial charge in [0, 0.05) is 5.56 Å². The van der Waals surface area contributed by atoms with Gasteiger partial charge in [-0.15, -0.1) is 0 Å². The summed E-state index contributed by atoms with van der Waals surface area (Å²) < 4.78 is 10.7. The zero-order chi connectivity index (χ0) is 18.7. The van der Waals surface area contributed by atoms with E-state index in [0.29, 0.717) is 16.7 Å². The Labute approximate surface area is 154 Å². The van der Waals surface area contributed by atoms with E-state index in [4.69, 9.17) is 4.74 Å². The standard InChI is InChI=1S/C21H25NO4/c1-4-15-8-11-20(14(2)12-15)26-13-18-17(16-9-10-16)6-5-7-19(18)22(24)21(23)25-3/h5-8,11-12,16,24H,4,9-10,13H2,1-3H3. The molecule has 26 heavy (non-hydrogen) atoms. The number of nitrogens with zero attached hydrogens (tertiary/aromatic N) is 1. The van der Waals surface area contributed by atoms with Crippen molar-refractivity contribution in [2.75, 3.05) is 12.2 Å². The van der Waals surface area contributed by atoms with Crippen molar-refractivity contribution in [1.82, 2.24) is 0 Å². The molecule has 1 saturated carbocycles. The highest BCUT2D eigenvalue weighted by atomic mass is 16.6. The van der Waals surface area contributed by atoms with Gasteiger partial charge in [0.1, 0.15) is 12.4 Å². The van der Waals surface area contributed by atoms with Crippen LogP contribution in [0, 0.1) is 6.92 Å². The maximum absolute atomic E-state index is 11.8. The number of rotatable bonds is 6. The SMILES string of the molecule is CCc1ccc(OCc2c(C3CC3)cccc2N(O)C(=O)OC)c(C)c1. The van der Waals surface area contributed by atoms with Crippen LogP contribution >= 0.6 is 0 Å². The van der Waals surface area contributed by atoms with Crippen LogP contribution in [0.2, 0.25) is 0 Å². The zero-order valence-electron chi connectivity index (χ0n) is 15.5. The minimum atomic E-state index is -0.817. The molecular weight excluding hydrogens is 330 g/mol. The van der Waals surface area contributed by atoms with Crippen LogP contribution in [-0.2, 0) is 17.8 Å². The lowest BCUT2D eigenvalue weighted by molar-refractivity contribution is 0.140. The van der Waals surface area contributed by atoms with E-state index in [2.05, 4.69) is 23.8 Å². The first-order valence-corrected chi connectivity index (χ1v) is 8.96. The summed E-state index contributed by atoms with van der Waals surface area (Å²) in [5.74, 6) is 1.27. The van der Waals surface area contributed by atoms with Crippen LogP contribution in [-0.4, -0.2) is 18.4 Å². The van der Waals surface area contributed by atoms with Gasteiger partial charge < -0.3 is 9.47 Å². The number of benzene rings is 2. The molecule has 0 aromatic heterocycles. The summed E-state index contributed by atoms with van der Waals surface area (Å²) >= 11 is 0. The van der Waals surface area contributed by atoms with E-state index < -0.39 is 6.09 Å². The molecule has 0 bridgehead atoms. The van der Waals surface area contributed by atoms with E-state index in [-0.39, 0.29) is 6.61 Å². The molecule has 1 N–H and O–H groups in total. The van der Waals surface area contributed by atoms with Crippen molar-refractivity contribution in [3.63, 3.8) is 0 Å². The number of carbonyl (C=O) groups is 1. The number of anilines is 1. The van der Waals surface area contributed by atoms with Crippen molar-refractivity contribution in [3.8, 4) is 5.75 Å². The summed E-state index contributed by atoms with van der Waals surface area (Å²) in [6.45, 7) is 4.42. The Bertz CT molecular complexity index is 799. The third-order valence-electron chi connectivity index (χ3n) is 4.80. The Hall–Kier alpha value is -2.53. The molecule has 0 radical (unpaired) electrons. The molecule has 0 unspecified atom stereocenters. The van der Waals surface area contributed by atoms with Crippen LogP contribution in [0.3, 0.4) is 0 Å². The summed E-state index contributed by atoms with van der Waals surface area (Å²) in [7, 11) is 1.24. The van der Waals surface area contributed by atoms with Gasteiger partial charge in [-0.25, -0.2) is 4.79 Å². The molecule has 0 heterocycles. The van der Waals surface area contributed by atoms with Gasteiger partial charge in [-0.1, -0.05) is 31.2 Å². The van der Waals surface area contributed by atoms with Crippen molar-refractivity contribution in [3.05, 3.63) is 58.7 Å². The molecule has 0 saturated heterocycles. The van der Waals surface area contributed by atoms with E-state index in [1.54, 1.807) is 6.07 Å². The molecule has 5 heteroatoms. The highest BCUT2D eigenvalue weighted by Crippen LogP contribution is 2.44. The number of ether oxygens (including phenoxy) is 2. The van der Waals surface area contributed by atoms with Crippen LogP contribution in [0.1, 0.15) is 47.9 Å². The fraction of sp³-hybridized carbons (Fsp3) is 0.381. The zero-order valence-corrected chi connectivity index (χ0v) is 15.5. The third kappa shape index (κ3) is 3.83. The van der Waals surface area contributed by atoms with Crippen molar-refractivity contribution in [2.24, 2.45) is 0 Å². The molecule has 0 spiro atoms. The molecule has 2 aromatic carbocycles. The van der Waals surface area contributed by atoms with Crippen LogP contribution in [0.15, 0.2) is 36.4 Å². The van der Waals surface area contributed by atoms with Gasteiger partial charge >= 0.3 is 6.09 Å². The smallest absolute Gasteiger partial charge is 0.438 e. The topological polar surface area (TPSA) is 59.0 Å². The lowest BCUT2D eigenvalue weighted by Crippen LogP contribution is -2.28. The molecular formula is C21H25NO4. The molecule has 1 aliphatic rings. The van der Waals surface area contributed by atoms with E-state index in [0.717, 1.165) is 41.7 Å². The van der Waals surface area contributed by atoms with Gasteiger partial charge in [0.15, 0.2) is 0 Å². The van der Waals surface area contributed by atoms with Crippen LogP contribution < -0.4 is 9.80 Å². The van der Waals surface area contributed by atoms with Crippen molar-refractivity contribution in [1.29, 1.82) is 0 Å². The number of amides is 1. The molecule has 1 amide bonds. The van der Waals surface area contributed by atoms with Crippen LogP contribution in [0.25, 0.3) is 0 Å². The minimum Gasteiger partial charge on any atom is -0.489 e. The van der Waals surface area contributed by atoms with Crippen LogP contribution in [0.4, 0.5) is 10.5 Å². The number of hydrogen-bond acceptors (Lipinski definition) is 4. The quantitative estimate of drug-likeness (QED) is 0.587. The van der Waals surface area contributed by atoms with E-state index in [1.807, 2.05) is 25.1 Å². The Kier molecular flexibility index (Phi) is 5.47. The number of hydroxylamine groups is 1. The Morgan fingerprint density at radius 3 is 2.65 bits per heavy atom. The van der Waals surface area contributed by atoms with Gasteiger partial charge in [-0.2, -0.15) is 5.06 Å². The van der Waals surface area contributed by atoms with Gasteiger partial charge in [0.25, 0.3) is 0 Å². The van der Waals surface area contributed by atoms with Crippen molar-refractivity contribution in [2.45, 2.75) is 45.6 Å². The van der Waals surface area contributed by atoms with Crippen molar-refractivity contribution < 1.29 is 19.5 Å². The molecule has 2 aromatic rings. The summed E-state index contributed by atoms with van der Waals surface area (Å²) in [6, 6.07) is 11.7. The van der Waals surface area contributed by atoms with Crippen LogP contribution in [0.5, 0.6) is 5.75 Å². The Morgan fingerprint density at radius 1 is 1.27 bits per heavy atom. The molecule has 0 atom stereocenters. The van der Waals surface area contributed by atoms with E-state index >= 15 is 0 Å². The third-order valence-corrected chi connectivity index (χ3v) is 4.80. The summed E-state index contributed by atoms with van der Waals surface area (Å²) in [4.78, 5) is 11.8. The molecule has 1 aliphatic carbocycles. The second-order valence-electron chi connectivity index (χ2n) is 6.64. The first-order chi connectivity index (χ1) is 12.5. The summed E-state index contributed by atoms with van der Waals surface area (Å²) in [5.41, 5.74) is 4.68. The van der Waals surface area contributed by atoms with Gasteiger partial charge in [-0.05, 0) is 60.9 Å². The minimum absolute atomic E-state index is 0.280. The normalized spacial score (nSPS) is 13.4. The van der Waals surface area contributed by atoms with E-state index in [9.17, 15) is 10.0 Å². The average Bonchev–Trinajstić information content (AvgIpc) is 3.50. The summed E-state index contributed by atoms with van der Waals surface area (Å²) in [5, 5.41) is 10.8. The van der Waals surface area contributed by atoms with Gasteiger partial charge in [0.2, 0.25) is 0 Å². The predicted octanol–water partition coefficient (Wildman–Crippen LogP) is 4.98. The van der Waals surface area contributed by atoms with E-state index in [1.165, 1.54) is 12.7 Å². The maximum atomic E-state index is 11.8. The second kappa shape index (κ2) is 7.79. The summed E-state index contributed by atoms with van der Waals surface area (Å²) in [6.07, 6.45) is 2.39. The van der Waals surface area contributed by atoms with Gasteiger partial charge in [0.05, 0.1) is 12.8 Å². The lowest BCUT2D eigenvalue weighted by atomic mass is 10.0. The lowest BCUT2D eigenvalue weighted by Gasteiger charge is -2.21. The molecule has 3 rings (SSSR count). The molecule has 1 fully saturated rings. The number of methoxy groups -OCH3 is 1. The highest BCUT2D eigenvalue weighted by Gasteiger charge is 2.29. The molecule has 138 valence electrons. The largest absolute Gasteiger partial charge is 0.489 e. The second-order valence-corrected chi connectivity index (χ2v) is 6.64. The van der Waals surface area contributed by atoms with Gasteiger partial charge in [-0.3, -0.25) is 5.21 Å². The first kappa shape index (κ1) is 18.3. The number of carbonyl (C=O) groups excluding carboxylic acids is 1. The Balaban J connectivity index is 1.89. The molecule has 5 nitrogen and oxygen atoms in total. The fourth-order valence-corrected chi connectivity index (χ4v) is 3.15. The maximum Gasteiger partial charge on any atom is 0.438 e. The number of hydrogen-bond donors (Lipinski definition) is 1. The van der Waals surface area contributed by atoms with Crippen molar-refractivity contribution >= 4 is 11.8 Å². The predicted molar refractivity (Wildman–Crippen MR) is 100.0 cm³/mol.